The summed E-state index contributed by atoms with van der Waals surface area (Å²) in [6.07, 6.45) is 3.51. The van der Waals surface area contributed by atoms with Crippen LogP contribution in [-0.2, 0) is 17.6 Å². The Morgan fingerprint density at radius 2 is 1.88 bits per heavy atom. The zero-order chi connectivity index (χ0) is 18.1. The number of nitrogens with one attached hydrogen (secondary N) is 2. The predicted octanol–water partition coefficient (Wildman–Crippen LogP) is 3.21. The number of aromatic nitrogens is 1. The van der Waals surface area contributed by atoms with Crippen LogP contribution in [0, 0.1) is 0 Å². The van der Waals surface area contributed by atoms with Crippen LogP contribution in [0.25, 0.3) is 11.1 Å². The summed E-state index contributed by atoms with van der Waals surface area (Å²) < 4.78 is 4.92. The molecule has 0 radical (unpaired) electrons. The van der Waals surface area contributed by atoms with Gasteiger partial charge in [0.15, 0.2) is 11.4 Å². The third-order valence-electron chi connectivity index (χ3n) is 4.70. The number of aromatic amines is 1. The second-order valence-corrected chi connectivity index (χ2v) is 6.53. The quantitative estimate of drug-likeness (QED) is 0.691. The summed E-state index contributed by atoms with van der Waals surface area (Å²) in [6, 6.07) is 10.7. The number of rotatable bonds is 5. The highest BCUT2D eigenvalue weighted by Crippen LogP contribution is 2.23. The molecule has 1 amide bonds. The van der Waals surface area contributed by atoms with Crippen molar-refractivity contribution < 1.29 is 14.0 Å². The lowest BCUT2D eigenvalue weighted by Gasteiger charge is -2.06. The van der Waals surface area contributed by atoms with Gasteiger partial charge in [0.1, 0.15) is 0 Å². The van der Waals surface area contributed by atoms with E-state index in [1.165, 1.54) is 11.1 Å². The van der Waals surface area contributed by atoms with E-state index in [4.69, 9.17) is 4.42 Å². The summed E-state index contributed by atoms with van der Waals surface area (Å²) in [4.78, 5) is 38.2. The van der Waals surface area contributed by atoms with Gasteiger partial charge in [-0.05, 0) is 54.7 Å². The van der Waals surface area contributed by atoms with Crippen molar-refractivity contribution >= 4 is 28.5 Å². The zero-order valence-corrected chi connectivity index (χ0v) is 14.1. The normalized spacial score (nSPS) is 12.9. The predicted molar refractivity (Wildman–Crippen MR) is 97.5 cm³/mol. The Labute approximate surface area is 149 Å². The van der Waals surface area contributed by atoms with E-state index in [1.807, 2.05) is 18.2 Å². The number of ketones is 1. The Morgan fingerprint density at radius 1 is 1.04 bits per heavy atom. The van der Waals surface area contributed by atoms with E-state index < -0.39 is 5.76 Å². The van der Waals surface area contributed by atoms with Crippen molar-refractivity contribution in [3.63, 3.8) is 0 Å². The molecule has 1 aliphatic carbocycles. The second-order valence-electron chi connectivity index (χ2n) is 6.53. The number of hydrogen-bond acceptors (Lipinski definition) is 4. The lowest BCUT2D eigenvalue weighted by atomic mass is 10.0. The molecule has 1 heterocycles. The Morgan fingerprint density at radius 3 is 2.77 bits per heavy atom. The van der Waals surface area contributed by atoms with Crippen LogP contribution in [0.15, 0.2) is 45.6 Å². The van der Waals surface area contributed by atoms with Crippen molar-refractivity contribution in [2.45, 2.75) is 32.1 Å². The lowest BCUT2D eigenvalue weighted by molar-refractivity contribution is -0.116. The van der Waals surface area contributed by atoms with Crippen LogP contribution in [0.5, 0.6) is 0 Å². The number of Topliss-reactive ketones (excluding diaryl/α,β-unsaturated/α-hetero) is 1. The third-order valence-corrected chi connectivity index (χ3v) is 4.70. The Bertz CT molecular complexity index is 1060. The van der Waals surface area contributed by atoms with E-state index in [2.05, 4.69) is 10.3 Å². The fourth-order valence-corrected chi connectivity index (χ4v) is 3.37. The molecular formula is C20H18N2O4. The lowest BCUT2D eigenvalue weighted by Crippen LogP contribution is -2.13. The average molecular weight is 350 g/mol. The standard InChI is InChI=1S/C20H18N2O4/c23-17(14-5-4-12-2-1-3-13(12)10-14)7-9-19(24)21-15-6-8-18-16(11-15)22-20(25)26-18/h4-6,8,10-11H,1-3,7,9H2,(H,21,24)(H,22,25). The minimum atomic E-state index is -0.539. The molecule has 0 spiro atoms. The topological polar surface area (TPSA) is 92.2 Å². The summed E-state index contributed by atoms with van der Waals surface area (Å²) >= 11 is 0. The molecule has 0 unspecified atom stereocenters. The largest absolute Gasteiger partial charge is 0.417 e. The first-order valence-electron chi connectivity index (χ1n) is 8.66. The molecule has 0 saturated heterocycles. The molecule has 1 aliphatic rings. The van der Waals surface area contributed by atoms with Crippen molar-refractivity contribution in [3.05, 3.63) is 63.6 Å². The number of carbonyl (C=O) groups is 2. The molecule has 0 atom stereocenters. The molecule has 1 aromatic heterocycles. The van der Waals surface area contributed by atoms with Crippen molar-refractivity contribution in [2.75, 3.05) is 5.32 Å². The summed E-state index contributed by atoms with van der Waals surface area (Å²) in [5, 5.41) is 2.74. The van der Waals surface area contributed by atoms with E-state index >= 15 is 0 Å². The number of oxazole rings is 1. The van der Waals surface area contributed by atoms with E-state index in [0.29, 0.717) is 22.4 Å². The SMILES string of the molecule is O=C(CCC(=O)c1ccc2c(c1)CCC2)Nc1ccc2oc(=O)[nH]c2c1. The molecule has 0 bridgehead atoms. The number of carbonyl (C=O) groups excluding carboxylic acids is 2. The average Bonchev–Trinajstić information content (AvgIpc) is 3.23. The third kappa shape index (κ3) is 3.31. The van der Waals surface area contributed by atoms with Gasteiger partial charge in [-0.3, -0.25) is 14.6 Å². The molecule has 3 aromatic rings. The number of fused-ring (bicyclic) bond motifs is 2. The van der Waals surface area contributed by atoms with Gasteiger partial charge in [-0.15, -0.1) is 0 Å². The molecule has 2 aromatic carbocycles. The maximum Gasteiger partial charge on any atom is 0.417 e. The van der Waals surface area contributed by atoms with Crippen LogP contribution in [0.4, 0.5) is 5.69 Å². The number of hydrogen-bond donors (Lipinski definition) is 2. The highest BCUT2D eigenvalue weighted by atomic mass is 16.4. The highest BCUT2D eigenvalue weighted by Gasteiger charge is 2.15. The fourth-order valence-electron chi connectivity index (χ4n) is 3.37. The van der Waals surface area contributed by atoms with Crippen LogP contribution in [0.1, 0.15) is 40.7 Å². The van der Waals surface area contributed by atoms with Crippen LogP contribution >= 0.6 is 0 Å². The van der Waals surface area contributed by atoms with Crippen molar-refractivity contribution in [1.29, 1.82) is 0 Å². The molecule has 26 heavy (non-hydrogen) atoms. The van der Waals surface area contributed by atoms with Gasteiger partial charge in [0.25, 0.3) is 0 Å². The van der Waals surface area contributed by atoms with E-state index in [0.717, 1.165) is 19.3 Å². The second kappa shape index (κ2) is 6.63. The van der Waals surface area contributed by atoms with Crippen LogP contribution in [0.2, 0.25) is 0 Å². The van der Waals surface area contributed by atoms with Gasteiger partial charge in [-0.2, -0.15) is 0 Å². The van der Waals surface area contributed by atoms with Gasteiger partial charge in [0, 0.05) is 24.1 Å². The molecule has 2 N–H and O–H groups in total. The number of H-pyrrole nitrogens is 1. The summed E-state index contributed by atoms with van der Waals surface area (Å²) in [5.74, 6) is -0.808. The molecule has 0 saturated carbocycles. The van der Waals surface area contributed by atoms with Gasteiger partial charge < -0.3 is 9.73 Å². The van der Waals surface area contributed by atoms with Crippen LogP contribution in [0.3, 0.4) is 0 Å². The zero-order valence-electron chi connectivity index (χ0n) is 14.1. The van der Waals surface area contributed by atoms with Crippen molar-refractivity contribution in [3.8, 4) is 0 Å². The fraction of sp³-hybridized carbons (Fsp3) is 0.250. The summed E-state index contributed by atoms with van der Waals surface area (Å²) in [5.41, 5.74) is 4.75. The number of benzene rings is 2. The highest BCUT2D eigenvalue weighted by molar-refractivity contribution is 6.00. The first-order valence-corrected chi connectivity index (χ1v) is 8.66. The van der Waals surface area contributed by atoms with Gasteiger partial charge in [-0.1, -0.05) is 12.1 Å². The van der Waals surface area contributed by atoms with Crippen LogP contribution in [-0.4, -0.2) is 16.7 Å². The summed E-state index contributed by atoms with van der Waals surface area (Å²) in [6.45, 7) is 0. The molecule has 0 aliphatic heterocycles. The van der Waals surface area contributed by atoms with E-state index in [9.17, 15) is 14.4 Å². The van der Waals surface area contributed by atoms with Crippen molar-refractivity contribution in [1.82, 2.24) is 4.98 Å². The van der Waals surface area contributed by atoms with Gasteiger partial charge in [-0.25, -0.2) is 4.79 Å². The Hall–Kier alpha value is -3.15. The van der Waals surface area contributed by atoms with Crippen LogP contribution < -0.4 is 11.1 Å². The molecule has 6 nitrogen and oxygen atoms in total. The smallest absolute Gasteiger partial charge is 0.408 e. The number of amides is 1. The Kier molecular flexibility index (Phi) is 4.16. The van der Waals surface area contributed by atoms with E-state index in [-0.39, 0.29) is 24.5 Å². The molecule has 0 fully saturated rings. The molecule has 6 heteroatoms. The molecular weight excluding hydrogens is 332 g/mol. The van der Waals surface area contributed by atoms with Gasteiger partial charge in [0.05, 0.1) is 5.52 Å². The monoisotopic (exact) mass is 350 g/mol. The minimum Gasteiger partial charge on any atom is -0.408 e. The number of anilines is 1. The molecule has 132 valence electrons. The van der Waals surface area contributed by atoms with E-state index in [1.54, 1.807) is 18.2 Å². The number of aryl methyl sites for hydroxylation is 2. The minimum absolute atomic E-state index is 0.0236. The Balaban J connectivity index is 1.36. The van der Waals surface area contributed by atoms with Gasteiger partial charge >= 0.3 is 5.76 Å². The van der Waals surface area contributed by atoms with Crippen molar-refractivity contribution in [2.24, 2.45) is 0 Å². The molecule has 4 rings (SSSR count). The maximum absolute atomic E-state index is 12.3. The first kappa shape index (κ1) is 16.3. The first-order chi connectivity index (χ1) is 12.6. The van der Waals surface area contributed by atoms with Gasteiger partial charge in [0.2, 0.25) is 5.91 Å². The summed E-state index contributed by atoms with van der Waals surface area (Å²) in [7, 11) is 0. The maximum atomic E-state index is 12.3.